The second-order valence-corrected chi connectivity index (χ2v) is 11.3. The van der Waals surface area contributed by atoms with Crippen LogP contribution in [0.4, 0.5) is 5.13 Å². The molecule has 158 valence electrons. The number of sulfonamides is 1. The monoisotopic (exact) mass is 461 g/mol. The van der Waals surface area contributed by atoms with Gasteiger partial charge in [0.2, 0.25) is 10.0 Å². The highest BCUT2D eigenvalue weighted by atomic mass is 32.2. The largest absolute Gasteiger partial charge is 0.297 e. The van der Waals surface area contributed by atoms with Gasteiger partial charge in [-0.25, -0.2) is 13.4 Å². The van der Waals surface area contributed by atoms with Gasteiger partial charge in [-0.05, 0) is 38.1 Å². The fraction of sp³-hybridized carbons (Fsp3) is 0.333. The first-order valence-electron chi connectivity index (χ1n) is 9.80. The molecule has 1 N–H and O–H groups in total. The number of carbonyl (C=O) groups is 1. The van der Waals surface area contributed by atoms with Crippen LogP contribution in [-0.2, 0) is 10.0 Å². The van der Waals surface area contributed by atoms with Crippen LogP contribution in [0.5, 0.6) is 0 Å². The number of benzene rings is 1. The Bertz CT molecular complexity index is 1160. The summed E-state index contributed by atoms with van der Waals surface area (Å²) in [6, 6.07) is 9.58. The predicted octanol–water partition coefficient (Wildman–Crippen LogP) is 4.92. The lowest BCUT2D eigenvalue weighted by molar-refractivity contribution is 0.102. The third-order valence-electron chi connectivity index (χ3n) is 5.11. The first-order chi connectivity index (χ1) is 14.4. The average molecular weight is 462 g/mol. The molecular weight excluding hydrogens is 438 g/mol. The molecule has 30 heavy (non-hydrogen) atoms. The average Bonchev–Trinajstić information content (AvgIpc) is 3.37. The number of aryl methyl sites for hydroxylation is 2. The van der Waals surface area contributed by atoms with Crippen molar-refractivity contribution in [2.75, 3.05) is 18.4 Å². The van der Waals surface area contributed by atoms with E-state index >= 15 is 0 Å². The highest BCUT2D eigenvalue weighted by molar-refractivity contribution is 7.89. The molecule has 2 aromatic heterocycles. The van der Waals surface area contributed by atoms with Crippen molar-refractivity contribution in [1.82, 2.24) is 9.29 Å². The molecule has 9 heteroatoms. The number of amides is 1. The van der Waals surface area contributed by atoms with Crippen LogP contribution in [0.25, 0.3) is 11.3 Å². The minimum atomic E-state index is -3.67. The lowest BCUT2D eigenvalue weighted by Gasteiger charge is -2.25. The molecule has 0 saturated carbocycles. The molecular formula is C21H23N3O3S3. The highest BCUT2D eigenvalue weighted by Crippen LogP contribution is 2.32. The fourth-order valence-corrected chi connectivity index (χ4v) is 7.14. The van der Waals surface area contributed by atoms with E-state index in [0.717, 1.165) is 46.7 Å². The minimum Gasteiger partial charge on any atom is -0.297 e. The zero-order chi connectivity index (χ0) is 21.3. The molecule has 6 nitrogen and oxygen atoms in total. The molecule has 3 heterocycles. The van der Waals surface area contributed by atoms with E-state index in [9.17, 15) is 13.2 Å². The van der Waals surface area contributed by atoms with Gasteiger partial charge in [-0.1, -0.05) is 36.2 Å². The summed E-state index contributed by atoms with van der Waals surface area (Å²) in [4.78, 5) is 18.8. The van der Waals surface area contributed by atoms with E-state index in [-0.39, 0.29) is 9.77 Å². The Morgan fingerprint density at radius 2 is 1.77 bits per heavy atom. The van der Waals surface area contributed by atoms with Gasteiger partial charge in [-0.3, -0.25) is 10.1 Å². The Labute approximate surface area is 184 Å². The highest BCUT2D eigenvalue weighted by Gasteiger charge is 2.31. The van der Waals surface area contributed by atoms with Crippen LogP contribution >= 0.6 is 22.7 Å². The van der Waals surface area contributed by atoms with Crippen LogP contribution < -0.4 is 5.32 Å². The number of thiophene rings is 1. The van der Waals surface area contributed by atoms with Crippen molar-refractivity contribution >= 4 is 43.7 Å². The molecule has 0 aliphatic carbocycles. The molecule has 1 aliphatic heterocycles. The lowest BCUT2D eigenvalue weighted by atomic mass is 10.1. The van der Waals surface area contributed by atoms with Crippen molar-refractivity contribution in [2.24, 2.45) is 0 Å². The normalized spacial score (nSPS) is 15.3. The summed E-state index contributed by atoms with van der Waals surface area (Å²) in [5.41, 5.74) is 2.97. The van der Waals surface area contributed by atoms with Gasteiger partial charge < -0.3 is 0 Å². The SMILES string of the molecule is Cc1ccc(-c2nc(NC(=O)c3sccc3S(=O)(=O)N3CCCCC3)sc2C)cc1. The number of nitrogens with zero attached hydrogens (tertiary/aromatic N) is 2. The second-order valence-electron chi connectivity index (χ2n) is 7.32. The summed E-state index contributed by atoms with van der Waals surface area (Å²) in [5, 5.41) is 4.91. The maximum atomic E-state index is 13.0. The van der Waals surface area contributed by atoms with Gasteiger partial charge in [0, 0.05) is 23.5 Å². The van der Waals surface area contributed by atoms with E-state index < -0.39 is 15.9 Å². The number of aromatic nitrogens is 1. The van der Waals surface area contributed by atoms with Gasteiger partial charge in [0.15, 0.2) is 5.13 Å². The van der Waals surface area contributed by atoms with Crippen molar-refractivity contribution < 1.29 is 13.2 Å². The van der Waals surface area contributed by atoms with Crippen molar-refractivity contribution in [3.8, 4) is 11.3 Å². The summed E-state index contributed by atoms with van der Waals surface area (Å²) < 4.78 is 27.6. The van der Waals surface area contributed by atoms with Crippen LogP contribution in [0.3, 0.4) is 0 Å². The van der Waals surface area contributed by atoms with E-state index in [0.29, 0.717) is 18.2 Å². The zero-order valence-corrected chi connectivity index (χ0v) is 19.3. The van der Waals surface area contributed by atoms with Gasteiger partial charge >= 0.3 is 0 Å². The molecule has 0 spiro atoms. The zero-order valence-electron chi connectivity index (χ0n) is 16.8. The van der Waals surface area contributed by atoms with Gasteiger partial charge in [0.1, 0.15) is 9.77 Å². The van der Waals surface area contributed by atoms with Crippen LogP contribution in [0.2, 0.25) is 0 Å². The third-order valence-corrected chi connectivity index (χ3v) is 8.98. The fourth-order valence-electron chi connectivity index (χ4n) is 3.49. The summed E-state index contributed by atoms with van der Waals surface area (Å²) in [6.07, 6.45) is 2.74. The number of hydrogen-bond donors (Lipinski definition) is 1. The van der Waals surface area contributed by atoms with Crippen LogP contribution in [0.15, 0.2) is 40.6 Å². The van der Waals surface area contributed by atoms with E-state index in [1.807, 2.05) is 38.1 Å². The van der Waals surface area contributed by atoms with Gasteiger partial charge in [-0.15, -0.1) is 22.7 Å². The van der Waals surface area contributed by atoms with Crippen LogP contribution in [0.1, 0.15) is 39.4 Å². The molecule has 4 rings (SSSR count). The number of nitrogens with one attached hydrogen (secondary N) is 1. The maximum Gasteiger partial charge on any atom is 0.268 e. The minimum absolute atomic E-state index is 0.0823. The van der Waals surface area contributed by atoms with Crippen molar-refractivity contribution in [3.63, 3.8) is 0 Å². The maximum absolute atomic E-state index is 13.0. The Morgan fingerprint density at radius 3 is 2.47 bits per heavy atom. The quantitative estimate of drug-likeness (QED) is 0.585. The summed E-state index contributed by atoms with van der Waals surface area (Å²) >= 11 is 2.52. The number of piperidine rings is 1. The Morgan fingerprint density at radius 1 is 1.07 bits per heavy atom. The van der Waals surface area contributed by atoms with Crippen molar-refractivity contribution in [2.45, 2.75) is 38.0 Å². The van der Waals surface area contributed by atoms with E-state index in [2.05, 4.69) is 10.3 Å². The second kappa shape index (κ2) is 8.58. The Kier molecular flexibility index (Phi) is 6.06. The lowest BCUT2D eigenvalue weighted by Crippen LogP contribution is -2.36. The number of anilines is 1. The summed E-state index contributed by atoms with van der Waals surface area (Å²) in [5.74, 6) is -0.440. The first-order valence-corrected chi connectivity index (χ1v) is 12.9. The standard InChI is InChI=1S/C21H23N3O3S3/c1-14-6-8-16(9-7-14)18-15(2)29-21(22-18)23-20(25)19-17(10-13-28-19)30(26,27)24-11-4-3-5-12-24/h6-10,13H,3-5,11-12H2,1-2H3,(H,22,23,25). The molecule has 3 aromatic rings. The Hall–Kier alpha value is -2.07. The smallest absolute Gasteiger partial charge is 0.268 e. The van der Waals surface area contributed by atoms with E-state index in [1.54, 1.807) is 5.38 Å². The van der Waals surface area contributed by atoms with E-state index in [4.69, 9.17) is 0 Å². The first kappa shape index (κ1) is 21.2. The van der Waals surface area contributed by atoms with Gasteiger partial charge in [0.05, 0.1) is 5.69 Å². The predicted molar refractivity (Wildman–Crippen MR) is 122 cm³/mol. The number of thiazole rings is 1. The molecule has 0 unspecified atom stereocenters. The molecule has 1 saturated heterocycles. The molecule has 0 bridgehead atoms. The number of hydrogen-bond acceptors (Lipinski definition) is 6. The molecule has 1 aliphatic rings. The third kappa shape index (κ3) is 4.20. The molecule has 1 amide bonds. The summed E-state index contributed by atoms with van der Waals surface area (Å²) in [6.45, 7) is 5.00. The van der Waals surface area contributed by atoms with Crippen LogP contribution in [0, 0.1) is 13.8 Å². The molecule has 0 atom stereocenters. The summed E-state index contributed by atoms with van der Waals surface area (Å²) in [7, 11) is -3.67. The topological polar surface area (TPSA) is 79.4 Å². The van der Waals surface area contributed by atoms with E-state index in [1.165, 1.54) is 27.3 Å². The van der Waals surface area contributed by atoms with Crippen LogP contribution in [-0.4, -0.2) is 36.7 Å². The van der Waals surface area contributed by atoms with Crippen molar-refractivity contribution in [3.05, 3.63) is 51.0 Å². The molecule has 1 fully saturated rings. The Balaban J connectivity index is 1.57. The van der Waals surface area contributed by atoms with Crippen molar-refractivity contribution in [1.29, 1.82) is 0 Å². The molecule has 1 aromatic carbocycles. The van der Waals surface area contributed by atoms with Gasteiger partial charge in [0.25, 0.3) is 5.91 Å². The van der Waals surface area contributed by atoms with Gasteiger partial charge in [-0.2, -0.15) is 4.31 Å². The number of rotatable bonds is 5. The molecule has 0 radical (unpaired) electrons. The number of carbonyl (C=O) groups excluding carboxylic acids is 1.